The van der Waals surface area contributed by atoms with Crippen molar-refractivity contribution in [3.05, 3.63) is 56.5 Å². The summed E-state index contributed by atoms with van der Waals surface area (Å²) in [6.45, 7) is 4.02. The minimum atomic E-state index is -0.835. The van der Waals surface area contributed by atoms with Crippen molar-refractivity contribution in [2.24, 2.45) is 0 Å². The molecule has 0 atom stereocenters. The average Bonchev–Trinajstić information content (AvgIpc) is 2.69. The molecule has 1 saturated heterocycles. The Balaban J connectivity index is 2.07. The van der Waals surface area contributed by atoms with Gasteiger partial charge in [0.15, 0.2) is 11.5 Å². The number of hydrogen-bond donors (Lipinski definition) is 1. The van der Waals surface area contributed by atoms with Crippen LogP contribution in [0.15, 0.2) is 40.4 Å². The van der Waals surface area contributed by atoms with Gasteiger partial charge in [0.1, 0.15) is 5.57 Å². The summed E-state index contributed by atoms with van der Waals surface area (Å²) in [5, 5.41) is 2.56. The van der Waals surface area contributed by atoms with Gasteiger partial charge in [-0.2, -0.15) is 0 Å². The Morgan fingerprint density at radius 1 is 1.20 bits per heavy atom. The zero-order valence-corrected chi connectivity index (χ0v) is 18.8. The molecule has 0 bridgehead atoms. The number of halogens is 2. The van der Waals surface area contributed by atoms with Gasteiger partial charge in [-0.15, -0.1) is 0 Å². The molecule has 9 heteroatoms. The Labute approximate surface area is 186 Å². The summed E-state index contributed by atoms with van der Waals surface area (Å²) in [5.74, 6) is -0.601. The molecule has 1 N–H and O–H groups in total. The summed E-state index contributed by atoms with van der Waals surface area (Å²) in [5.41, 5.74) is 1.26. The van der Waals surface area contributed by atoms with Crippen LogP contribution in [0.25, 0.3) is 6.08 Å². The van der Waals surface area contributed by atoms with Gasteiger partial charge in [0.05, 0.1) is 23.9 Å². The van der Waals surface area contributed by atoms with E-state index in [1.807, 2.05) is 6.92 Å². The van der Waals surface area contributed by atoms with Crippen molar-refractivity contribution in [1.29, 1.82) is 0 Å². The second kappa shape index (κ2) is 8.89. The van der Waals surface area contributed by atoms with E-state index in [-0.39, 0.29) is 5.57 Å². The second-order valence-corrected chi connectivity index (χ2v) is 7.65. The highest BCUT2D eigenvalue weighted by molar-refractivity contribution is 9.10. The minimum absolute atomic E-state index is 0.202. The number of carbonyl (C=O) groups is 3. The van der Waals surface area contributed by atoms with E-state index >= 15 is 0 Å². The SMILES string of the molecule is CCOc1c(Br)cc(/C=C2\C(=O)NC(=O)N(c3cc(Cl)ccc3C)C2=O)cc1OC. The maximum Gasteiger partial charge on any atom is 0.335 e. The predicted molar refractivity (Wildman–Crippen MR) is 117 cm³/mol. The van der Waals surface area contributed by atoms with Crippen LogP contribution in [0, 0.1) is 6.92 Å². The highest BCUT2D eigenvalue weighted by atomic mass is 79.9. The quantitative estimate of drug-likeness (QED) is 0.490. The van der Waals surface area contributed by atoms with Crippen LogP contribution < -0.4 is 19.7 Å². The molecule has 30 heavy (non-hydrogen) atoms. The van der Waals surface area contributed by atoms with E-state index in [2.05, 4.69) is 21.2 Å². The molecule has 2 aromatic carbocycles. The Kier molecular flexibility index (Phi) is 6.48. The van der Waals surface area contributed by atoms with Gasteiger partial charge < -0.3 is 9.47 Å². The van der Waals surface area contributed by atoms with Crippen molar-refractivity contribution in [1.82, 2.24) is 5.32 Å². The molecule has 0 radical (unpaired) electrons. The number of ether oxygens (including phenoxy) is 2. The fraction of sp³-hybridized carbons (Fsp3) is 0.190. The number of hydrogen-bond acceptors (Lipinski definition) is 5. The van der Waals surface area contributed by atoms with E-state index in [4.69, 9.17) is 21.1 Å². The lowest BCUT2D eigenvalue weighted by Crippen LogP contribution is -2.54. The largest absolute Gasteiger partial charge is 0.493 e. The average molecular weight is 494 g/mol. The molecule has 156 valence electrons. The fourth-order valence-electron chi connectivity index (χ4n) is 2.97. The normalized spacial score (nSPS) is 15.4. The van der Waals surface area contributed by atoms with Crippen molar-refractivity contribution in [3.8, 4) is 11.5 Å². The van der Waals surface area contributed by atoms with Gasteiger partial charge in [-0.3, -0.25) is 14.9 Å². The number of urea groups is 1. The fourth-order valence-corrected chi connectivity index (χ4v) is 3.71. The van der Waals surface area contributed by atoms with Gasteiger partial charge in [-0.05, 0) is 71.2 Å². The number of nitrogens with zero attached hydrogens (tertiary/aromatic N) is 1. The first-order valence-corrected chi connectivity index (χ1v) is 10.1. The number of barbiturate groups is 1. The molecule has 7 nitrogen and oxygen atoms in total. The van der Waals surface area contributed by atoms with Crippen LogP contribution in [0.1, 0.15) is 18.1 Å². The molecular formula is C21H18BrClN2O5. The Hall–Kier alpha value is -2.84. The smallest absolute Gasteiger partial charge is 0.335 e. The first kappa shape index (κ1) is 21.9. The predicted octanol–water partition coefficient (Wildman–Crippen LogP) is 4.48. The lowest BCUT2D eigenvalue weighted by molar-refractivity contribution is -0.122. The Morgan fingerprint density at radius 2 is 1.93 bits per heavy atom. The molecule has 1 aliphatic heterocycles. The van der Waals surface area contributed by atoms with Crippen LogP contribution in [-0.4, -0.2) is 31.6 Å². The molecule has 2 aromatic rings. The van der Waals surface area contributed by atoms with Crippen molar-refractivity contribution in [2.75, 3.05) is 18.6 Å². The third-order valence-corrected chi connectivity index (χ3v) is 5.19. The number of anilines is 1. The molecule has 4 amide bonds. The van der Waals surface area contributed by atoms with Crippen LogP contribution in [0.5, 0.6) is 11.5 Å². The second-order valence-electron chi connectivity index (χ2n) is 6.36. The zero-order valence-electron chi connectivity index (χ0n) is 16.4. The van der Waals surface area contributed by atoms with Gasteiger partial charge in [-0.25, -0.2) is 9.69 Å². The number of methoxy groups -OCH3 is 1. The number of carbonyl (C=O) groups excluding carboxylic acids is 3. The van der Waals surface area contributed by atoms with E-state index < -0.39 is 17.8 Å². The van der Waals surface area contributed by atoms with Gasteiger partial charge >= 0.3 is 6.03 Å². The highest BCUT2D eigenvalue weighted by Gasteiger charge is 2.37. The van der Waals surface area contributed by atoms with Crippen molar-refractivity contribution in [3.63, 3.8) is 0 Å². The number of benzene rings is 2. The van der Waals surface area contributed by atoms with Gasteiger partial charge in [-0.1, -0.05) is 17.7 Å². The number of amides is 4. The monoisotopic (exact) mass is 492 g/mol. The van der Waals surface area contributed by atoms with Crippen LogP contribution in [0.4, 0.5) is 10.5 Å². The van der Waals surface area contributed by atoms with Gasteiger partial charge in [0.2, 0.25) is 0 Å². The molecule has 0 unspecified atom stereocenters. The third kappa shape index (κ3) is 4.20. The van der Waals surface area contributed by atoms with E-state index in [0.29, 0.717) is 44.4 Å². The molecule has 0 spiro atoms. The molecule has 1 aliphatic rings. The van der Waals surface area contributed by atoms with Crippen LogP contribution in [0.3, 0.4) is 0 Å². The highest BCUT2D eigenvalue weighted by Crippen LogP contribution is 2.37. The molecule has 3 rings (SSSR count). The molecule has 1 heterocycles. The number of rotatable bonds is 5. The van der Waals surface area contributed by atoms with E-state index in [1.165, 1.54) is 19.3 Å². The summed E-state index contributed by atoms with van der Waals surface area (Å²) in [6.07, 6.45) is 1.39. The van der Waals surface area contributed by atoms with Gasteiger partial charge in [0.25, 0.3) is 11.8 Å². The van der Waals surface area contributed by atoms with Crippen LogP contribution in [-0.2, 0) is 9.59 Å². The molecule has 0 saturated carbocycles. The number of nitrogens with one attached hydrogen (secondary N) is 1. The van der Waals surface area contributed by atoms with Crippen LogP contribution >= 0.6 is 27.5 Å². The topological polar surface area (TPSA) is 84.9 Å². The lowest BCUT2D eigenvalue weighted by Gasteiger charge is -2.27. The standard InChI is InChI=1S/C21H18BrClN2O5/c1-4-30-18-15(22)8-12(9-17(18)29-3)7-14-19(26)24-21(28)25(20(14)27)16-10-13(23)6-5-11(16)2/h5-10H,4H2,1-3H3,(H,24,26,28)/b14-7+. The zero-order chi connectivity index (χ0) is 22.0. The van der Waals surface area contributed by atoms with Crippen molar-refractivity contribution >= 4 is 57.1 Å². The summed E-state index contributed by atoms with van der Waals surface area (Å²) < 4.78 is 11.5. The molecular weight excluding hydrogens is 476 g/mol. The molecule has 0 aliphatic carbocycles. The van der Waals surface area contributed by atoms with Crippen LogP contribution in [0.2, 0.25) is 5.02 Å². The first-order chi connectivity index (χ1) is 14.3. The number of aryl methyl sites for hydroxylation is 1. The maximum atomic E-state index is 13.1. The van der Waals surface area contributed by atoms with Crippen molar-refractivity contribution < 1.29 is 23.9 Å². The van der Waals surface area contributed by atoms with E-state index in [1.54, 1.807) is 31.2 Å². The maximum absolute atomic E-state index is 13.1. The summed E-state index contributed by atoms with van der Waals surface area (Å²) in [4.78, 5) is 38.8. The van der Waals surface area contributed by atoms with E-state index in [9.17, 15) is 14.4 Å². The summed E-state index contributed by atoms with van der Waals surface area (Å²) in [6, 6.07) is 7.32. The summed E-state index contributed by atoms with van der Waals surface area (Å²) >= 11 is 9.45. The minimum Gasteiger partial charge on any atom is -0.493 e. The number of imide groups is 2. The summed E-state index contributed by atoms with van der Waals surface area (Å²) in [7, 11) is 1.49. The van der Waals surface area contributed by atoms with Crippen molar-refractivity contribution in [2.45, 2.75) is 13.8 Å². The van der Waals surface area contributed by atoms with Gasteiger partial charge in [0, 0.05) is 5.02 Å². The molecule has 1 fully saturated rings. The Morgan fingerprint density at radius 3 is 2.60 bits per heavy atom. The third-order valence-electron chi connectivity index (χ3n) is 4.37. The lowest BCUT2D eigenvalue weighted by atomic mass is 10.1. The first-order valence-electron chi connectivity index (χ1n) is 8.94. The Bertz CT molecular complexity index is 1080. The van der Waals surface area contributed by atoms with E-state index in [0.717, 1.165) is 4.90 Å². The molecule has 0 aromatic heterocycles.